The molecule has 1 heterocycles. The Labute approximate surface area is 126 Å². The lowest BCUT2D eigenvalue weighted by Gasteiger charge is -2.14. The van der Waals surface area contributed by atoms with Crippen molar-refractivity contribution in [2.45, 2.75) is 6.92 Å². The Bertz CT molecular complexity index is 1010. The van der Waals surface area contributed by atoms with Crippen molar-refractivity contribution in [2.24, 2.45) is 0 Å². The van der Waals surface area contributed by atoms with E-state index in [1.54, 1.807) is 24.3 Å². The van der Waals surface area contributed by atoms with Crippen molar-refractivity contribution in [3.05, 3.63) is 75.7 Å². The van der Waals surface area contributed by atoms with E-state index in [-0.39, 0.29) is 11.4 Å². The van der Waals surface area contributed by atoms with Crippen LogP contribution in [0.15, 0.2) is 57.8 Å². The fraction of sp³-hybridized carbons (Fsp3) is 0.0526. The number of rotatable bonds is 1. The van der Waals surface area contributed by atoms with Crippen LogP contribution in [-0.4, -0.2) is 5.78 Å². The highest BCUT2D eigenvalue weighted by Crippen LogP contribution is 2.33. The number of carbonyl (C=O) groups is 1. The van der Waals surface area contributed by atoms with Crippen LogP contribution in [-0.2, 0) is 0 Å². The number of ketones is 1. The van der Waals surface area contributed by atoms with Crippen LogP contribution in [0.2, 0.25) is 0 Å². The lowest BCUT2D eigenvalue weighted by atomic mass is 9.90. The molecule has 1 aliphatic rings. The summed E-state index contributed by atoms with van der Waals surface area (Å²) < 4.78 is 5.44. The molecule has 4 rings (SSSR count). The molecule has 0 aliphatic heterocycles. The molecule has 0 amide bonds. The van der Waals surface area contributed by atoms with Crippen molar-refractivity contribution in [1.29, 1.82) is 0 Å². The van der Waals surface area contributed by atoms with E-state index in [0.29, 0.717) is 22.1 Å². The topological polar surface area (TPSA) is 47.3 Å². The molecule has 1 aromatic heterocycles. The predicted octanol–water partition coefficient (Wildman–Crippen LogP) is 3.98. The van der Waals surface area contributed by atoms with Crippen LogP contribution in [0.1, 0.15) is 21.5 Å². The molecule has 0 N–H and O–H groups in total. The zero-order valence-corrected chi connectivity index (χ0v) is 11.9. The zero-order valence-electron chi connectivity index (χ0n) is 11.9. The standard InChI is InChI=1S/C19H12O3/c1-11-5-7-12(8-6-11)17-14-9-10-15(20)13-3-2-4-16(18(13)14)22-19(17)21/h2-10H,1H3. The normalized spacial score (nSPS) is 12.9. The van der Waals surface area contributed by atoms with Gasteiger partial charge in [-0.25, -0.2) is 4.79 Å². The Morgan fingerprint density at radius 1 is 0.909 bits per heavy atom. The summed E-state index contributed by atoms with van der Waals surface area (Å²) in [7, 11) is 0. The molecule has 0 fully saturated rings. The molecule has 106 valence electrons. The van der Waals surface area contributed by atoms with Gasteiger partial charge >= 0.3 is 5.63 Å². The van der Waals surface area contributed by atoms with E-state index in [0.717, 1.165) is 16.7 Å². The molecule has 0 atom stereocenters. The second kappa shape index (κ2) is 4.53. The van der Waals surface area contributed by atoms with E-state index < -0.39 is 0 Å². The third-order valence-electron chi connectivity index (χ3n) is 3.98. The van der Waals surface area contributed by atoms with Gasteiger partial charge in [-0.15, -0.1) is 0 Å². The van der Waals surface area contributed by atoms with Gasteiger partial charge in [-0.2, -0.15) is 0 Å². The quantitative estimate of drug-likeness (QED) is 0.636. The van der Waals surface area contributed by atoms with Gasteiger partial charge in [0.15, 0.2) is 5.78 Å². The first-order chi connectivity index (χ1) is 10.6. The maximum atomic E-state index is 12.4. The van der Waals surface area contributed by atoms with Crippen LogP contribution in [0.5, 0.6) is 0 Å². The van der Waals surface area contributed by atoms with E-state index in [9.17, 15) is 9.59 Å². The molecule has 22 heavy (non-hydrogen) atoms. The third kappa shape index (κ3) is 1.76. The minimum absolute atomic E-state index is 0.0678. The second-order valence-electron chi connectivity index (χ2n) is 5.42. The van der Waals surface area contributed by atoms with Crippen LogP contribution >= 0.6 is 0 Å². The van der Waals surface area contributed by atoms with Crippen LogP contribution in [0, 0.1) is 6.92 Å². The molecule has 0 saturated heterocycles. The molecule has 0 radical (unpaired) electrons. The number of aryl methyl sites for hydroxylation is 1. The van der Waals surface area contributed by atoms with E-state index in [4.69, 9.17) is 4.42 Å². The van der Waals surface area contributed by atoms with Crippen LogP contribution in [0.3, 0.4) is 0 Å². The molecule has 2 aromatic carbocycles. The van der Waals surface area contributed by atoms with Crippen molar-refractivity contribution < 1.29 is 9.21 Å². The van der Waals surface area contributed by atoms with E-state index in [2.05, 4.69) is 0 Å². The van der Waals surface area contributed by atoms with Gasteiger partial charge in [-0.3, -0.25) is 4.79 Å². The van der Waals surface area contributed by atoms with Crippen LogP contribution in [0.25, 0.3) is 28.2 Å². The van der Waals surface area contributed by atoms with E-state index >= 15 is 0 Å². The Morgan fingerprint density at radius 2 is 1.68 bits per heavy atom. The Kier molecular flexibility index (Phi) is 2.63. The van der Waals surface area contributed by atoms with Gasteiger partial charge in [0.1, 0.15) is 5.58 Å². The maximum Gasteiger partial charge on any atom is 0.344 e. The first-order valence-electron chi connectivity index (χ1n) is 7.04. The summed E-state index contributed by atoms with van der Waals surface area (Å²) in [5.74, 6) is -0.0678. The molecular formula is C19H12O3. The highest BCUT2D eigenvalue weighted by atomic mass is 16.4. The van der Waals surface area contributed by atoms with Crippen molar-refractivity contribution in [1.82, 2.24) is 0 Å². The Balaban J connectivity index is 2.15. The zero-order chi connectivity index (χ0) is 15.3. The lowest BCUT2D eigenvalue weighted by molar-refractivity contribution is 0.104. The third-order valence-corrected chi connectivity index (χ3v) is 3.98. The summed E-state index contributed by atoms with van der Waals surface area (Å²) in [6.07, 6.45) is 3.22. The summed E-state index contributed by atoms with van der Waals surface area (Å²) in [6.45, 7) is 1.99. The molecule has 0 saturated carbocycles. The lowest BCUT2D eigenvalue weighted by Crippen LogP contribution is -2.10. The van der Waals surface area contributed by atoms with Crippen LogP contribution in [0.4, 0.5) is 0 Å². The van der Waals surface area contributed by atoms with E-state index in [1.807, 2.05) is 31.2 Å². The van der Waals surface area contributed by atoms with Crippen LogP contribution < -0.4 is 5.63 Å². The summed E-state index contributed by atoms with van der Waals surface area (Å²) in [4.78, 5) is 24.5. The average Bonchev–Trinajstić information content (AvgIpc) is 2.52. The monoisotopic (exact) mass is 288 g/mol. The van der Waals surface area contributed by atoms with Gasteiger partial charge in [0.25, 0.3) is 0 Å². The molecule has 3 nitrogen and oxygen atoms in total. The molecule has 0 unspecified atom stereocenters. The van der Waals surface area contributed by atoms with Crippen molar-refractivity contribution in [2.75, 3.05) is 0 Å². The highest BCUT2D eigenvalue weighted by Gasteiger charge is 2.21. The smallest absolute Gasteiger partial charge is 0.344 e. The SMILES string of the molecule is Cc1ccc(-c2c3c4c(cccc4oc2=O)C(=O)C=C3)cc1. The van der Waals surface area contributed by atoms with Gasteiger partial charge in [-0.1, -0.05) is 42.0 Å². The predicted molar refractivity (Wildman–Crippen MR) is 86.0 cm³/mol. The number of benzene rings is 2. The first-order valence-corrected chi connectivity index (χ1v) is 7.04. The summed E-state index contributed by atoms with van der Waals surface area (Å²) in [6, 6.07) is 12.9. The minimum atomic E-state index is -0.387. The van der Waals surface area contributed by atoms with Gasteiger partial charge in [-0.05, 0) is 30.7 Å². The molecule has 3 heteroatoms. The number of hydrogen-bond donors (Lipinski definition) is 0. The summed E-state index contributed by atoms with van der Waals surface area (Å²) in [5, 5.41) is 0.713. The largest absolute Gasteiger partial charge is 0.422 e. The molecule has 0 spiro atoms. The number of carbonyl (C=O) groups excluding carboxylic acids is 1. The summed E-state index contributed by atoms with van der Waals surface area (Å²) in [5.41, 5.74) is 3.81. The van der Waals surface area contributed by atoms with Crippen molar-refractivity contribution in [3.8, 4) is 11.1 Å². The van der Waals surface area contributed by atoms with Crippen molar-refractivity contribution in [3.63, 3.8) is 0 Å². The molecule has 1 aliphatic carbocycles. The van der Waals surface area contributed by atoms with Gasteiger partial charge in [0.2, 0.25) is 0 Å². The fourth-order valence-electron chi connectivity index (χ4n) is 2.89. The molecular weight excluding hydrogens is 276 g/mol. The fourth-order valence-corrected chi connectivity index (χ4v) is 2.89. The summed E-state index contributed by atoms with van der Waals surface area (Å²) >= 11 is 0. The average molecular weight is 288 g/mol. The van der Waals surface area contributed by atoms with Gasteiger partial charge in [0, 0.05) is 16.5 Å². The highest BCUT2D eigenvalue weighted by molar-refractivity contribution is 6.20. The second-order valence-corrected chi connectivity index (χ2v) is 5.42. The van der Waals surface area contributed by atoms with Crippen molar-refractivity contribution >= 4 is 22.8 Å². The first kappa shape index (κ1) is 12.8. The number of allylic oxidation sites excluding steroid dienone is 1. The Hall–Kier alpha value is -2.94. The van der Waals surface area contributed by atoms with Gasteiger partial charge < -0.3 is 4.42 Å². The van der Waals surface area contributed by atoms with E-state index in [1.165, 1.54) is 6.08 Å². The maximum absolute atomic E-state index is 12.4. The molecule has 0 bridgehead atoms. The Morgan fingerprint density at radius 3 is 2.45 bits per heavy atom. The number of hydrogen-bond acceptors (Lipinski definition) is 3. The molecule has 3 aromatic rings. The van der Waals surface area contributed by atoms with Gasteiger partial charge in [0.05, 0.1) is 5.56 Å². The minimum Gasteiger partial charge on any atom is -0.422 e.